The van der Waals surface area contributed by atoms with Crippen LogP contribution in [0.15, 0.2) is 18.3 Å². The van der Waals surface area contributed by atoms with Crippen molar-refractivity contribution in [2.45, 2.75) is 90.6 Å². The van der Waals surface area contributed by atoms with Crippen LogP contribution < -0.4 is 5.32 Å². The molecule has 0 bridgehead atoms. The second kappa shape index (κ2) is 9.80. The molecule has 180 valence electrons. The van der Waals surface area contributed by atoms with Crippen molar-refractivity contribution in [3.63, 3.8) is 0 Å². The Balaban J connectivity index is 1.65. The molecule has 7 nitrogen and oxygen atoms in total. The molecule has 0 unspecified atom stereocenters. The van der Waals surface area contributed by atoms with E-state index in [-0.39, 0.29) is 11.9 Å². The molecular formula is C27H36N6O. The molecule has 3 aromatic heterocycles. The van der Waals surface area contributed by atoms with Crippen LogP contribution in [-0.2, 0) is 6.54 Å². The second-order valence-corrected chi connectivity index (χ2v) is 10.5. The highest BCUT2D eigenvalue weighted by Crippen LogP contribution is 2.35. The SMILES string of the molecule is CC(C)c1ccnc(-c2nc3nc(C=O)nc(N[C@H](C)C4CCC4)c3n2CC2CCCCC2)c1. The Morgan fingerprint density at radius 1 is 1.06 bits per heavy atom. The van der Waals surface area contributed by atoms with E-state index in [1.54, 1.807) is 0 Å². The number of nitrogens with zero attached hydrogens (tertiary/aromatic N) is 5. The standard InChI is InChI=1S/C27H36N6O/c1-17(2)21-12-13-28-22(14-21)27-32-26-24(33(27)15-19-8-5-4-6-9-19)25(30-23(16-34)31-26)29-18(3)20-10-7-11-20/h12-14,16-20H,4-11,15H2,1-3H3,(H,29,30,31)/t18-/m1/s1. The van der Waals surface area contributed by atoms with E-state index in [9.17, 15) is 4.79 Å². The lowest BCUT2D eigenvalue weighted by Gasteiger charge is -2.32. The lowest BCUT2D eigenvalue weighted by atomic mass is 9.80. The number of aldehydes is 1. The van der Waals surface area contributed by atoms with Crippen LogP contribution in [0, 0.1) is 11.8 Å². The number of anilines is 1. The summed E-state index contributed by atoms with van der Waals surface area (Å²) in [6, 6.07) is 4.50. The van der Waals surface area contributed by atoms with Crippen LogP contribution in [0.4, 0.5) is 5.82 Å². The Labute approximate surface area is 201 Å². The third-order valence-electron chi connectivity index (χ3n) is 7.79. The van der Waals surface area contributed by atoms with E-state index in [0.29, 0.717) is 23.4 Å². The van der Waals surface area contributed by atoms with Crippen LogP contribution in [0.2, 0.25) is 0 Å². The van der Waals surface area contributed by atoms with Gasteiger partial charge in [0.2, 0.25) is 0 Å². The Bertz CT molecular complexity index is 1160. The van der Waals surface area contributed by atoms with Crippen molar-refractivity contribution in [2.24, 2.45) is 11.8 Å². The van der Waals surface area contributed by atoms with Crippen LogP contribution in [-0.4, -0.2) is 36.8 Å². The lowest BCUT2D eigenvalue weighted by Crippen LogP contribution is -2.31. The van der Waals surface area contributed by atoms with Gasteiger partial charge in [-0.05, 0) is 68.1 Å². The Morgan fingerprint density at radius 2 is 1.85 bits per heavy atom. The lowest BCUT2D eigenvalue weighted by molar-refractivity contribution is 0.111. The van der Waals surface area contributed by atoms with Crippen molar-refractivity contribution in [1.29, 1.82) is 0 Å². The van der Waals surface area contributed by atoms with E-state index < -0.39 is 0 Å². The highest BCUT2D eigenvalue weighted by molar-refractivity contribution is 5.89. The smallest absolute Gasteiger partial charge is 0.196 e. The molecule has 2 aliphatic carbocycles. The van der Waals surface area contributed by atoms with Crippen LogP contribution in [0.5, 0.6) is 0 Å². The minimum absolute atomic E-state index is 0.175. The van der Waals surface area contributed by atoms with Gasteiger partial charge in [-0.25, -0.2) is 15.0 Å². The zero-order valence-corrected chi connectivity index (χ0v) is 20.6. The van der Waals surface area contributed by atoms with E-state index in [1.807, 2.05) is 6.20 Å². The van der Waals surface area contributed by atoms with Crippen LogP contribution in [0.25, 0.3) is 22.7 Å². The van der Waals surface area contributed by atoms with E-state index in [1.165, 1.54) is 56.9 Å². The molecular weight excluding hydrogens is 424 g/mol. The van der Waals surface area contributed by atoms with Gasteiger partial charge >= 0.3 is 0 Å². The normalized spacial score (nSPS) is 18.2. The van der Waals surface area contributed by atoms with Crippen LogP contribution in [0.1, 0.15) is 94.2 Å². The number of pyridine rings is 1. The number of nitrogens with one attached hydrogen (secondary N) is 1. The Morgan fingerprint density at radius 3 is 2.53 bits per heavy atom. The fourth-order valence-electron chi connectivity index (χ4n) is 5.41. The van der Waals surface area contributed by atoms with Gasteiger partial charge in [-0.1, -0.05) is 39.5 Å². The summed E-state index contributed by atoms with van der Waals surface area (Å²) < 4.78 is 2.28. The Kier molecular flexibility index (Phi) is 6.61. The van der Waals surface area contributed by atoms with E-state index >= 15 is 0 Å². The highest BCUT2D eigenvalue weighted by atomic mass is 16.1. The molecule has 0 saturated heterocycles. The zero-order valence-electron chi connectivity index (χ0n) is 20.6. The third kappa shape index (κ3) is 4.57. The predicted molar refractivity (Wildman–Crippen MR) is 135 cm³/mol. The summed E-state index contributed by atoms with van der Waals surface area (Å²) in [5, 5.41) is 3.64. The molecule has 0 aromatic carbocycles. The van der Waals surface area contributed by atoms with Gasteiger partial charge in [0.1, 0.15) is 11.2 Å². The summed E-state index contributed by atoms with van der Waals surface area (Å²) in [6.07, 6.45) is 12.7. The minimum atomic E-state index is 0.175. The molecule has 2 aliphatic rings. The second-order valence-electron chi connectivity index (χ2n) is 10.5. The molecule has 3 aromatic rings. The number of imidazole rings is 1. The minimum Gasteiger partial charge on any atom is -0.365 e. The van der Waals surface area contributed by atoms with Gasteiger partial charge in [0.15, 0.2) is 29.4 Å². The predicted octanol–water partition coefficient (Wildman–Crippen LogP) is 6.01. The number of fused-ring (bicyclic) bond motifs is 1. The van der Waals surface area contributed by atoms with Crippen molar-refractivity contribution >= 4 is 23.3 Å². The summed E-state index contributed by atoms with van der Waals surface area (Å²) >= 11 is 0. The number of carbonyl (C=O) groups is 1. The van der Waals surface area contributed by atoms with Gasteiger partial charge in [-0.15, -0.1) is 0 Å². The fraction of sp³-hybridized carbons (Fsp3) is 0.593. The number of hydrogen-bond donors (Lipinski definition) is 1. The molecule has 2 saturated carbocycles. The summed E-state index contributed by atoms with van der Waals surface area (Å²) in [5.74, 6) is 3.36. The number of hydrogen-bond acceptors (Lipinski definition) is 6. The monoisotopic (exact) mass is 460 g/mol. The van der Waals surface area contributed by atoms with Crippen molar-refractivity contribution in [1.82, 2.24) is 24.5 Å². The van der Waals surface area contributed by atoms with Crippen LogP contribution >= 0.6 is 0 Å². The maximum atomic E-state index is 11.7. The molecule has 0 spiro atoms. The van der Waals surface area contributed by atoms with E-state index in [0.717, 1.165) is 35.7 Å². The largest absolute Gasteiger partial charge is 0.365 e. The fourth-order valence-corrected chi connectivity index (χ4v) is 5.41. The quantitative estimate of drug-likeness (QED) is 0.415. The van der Waals surface area contributed by atoms with Gasteiger partial charge in [-0.3, -0.25) is 9.78 Å². The van der Waals surface area contributed by atoms with Crippen molar-refractivity contribution < 1.29 is 4.79 Å². The van der Waals surface area contributed by atoms with Gasteiger partial charge in [0.05, 0.1) is 0 Å². The van der Waals surface area contributed by atoms with Gasteiger partial charge in [0.25, 0.3) is 0 Å². The van der Waals surface area contributed by atoms with Crippen molar-refractivity contribution in [3.8, 4) is 11.5 Å². The average Bonchev–Trinajstić information content (AvgIpc) is 3.17. The Hall–Kier alpha value is -2.83. The number of aromatic nitrogens is 5. The molecule has 3 heterocycles. The maximum Gasteiger partial charge on any atom is 0.196 e. The first-order valence-electron chi connectivity index (χ1n) is 13.0. The summed E-state index contributed by atoms with van der Waals surface area (Å²) in [5.41, 5.74) is 3.56. The average molecular weight is 461 g/mol. The van der Waals surface area contributed by atoms with Gasteiger partial charge in [-0.2, -0.15) is 0 Å². The van der Waals surface area contributed by atoms with Gasteiger partial charge in [0, 0.05) is 18.8 Å². The first-order chi connectivity index (χ1) is 16.5. The first-order valence-corrected chi connectivity index (χ1v) is 13.0. The molecule has 0 aliphatic heterocycles. The molecule has 34 heavy (non-hydrogen) atoms. The molecule has 5 rings (SSSR count). The summed E-state index contributed by atoms with van der Waals surface area (Å²) in [7, 11) is 0. The van der Waals surface area contributed by atoms with E-state index in [2.05, 4.69) is 52.8 Å². The van der Waals surface area contributed by atoms with Gasteiger partial charge < -0.3 is 9.88 Å². The van der Waals surface area contributed by atoms with Crippen molar-refractivity contribution in [2.75, 3.05) is 5.32 Å². The summed E-state index contributed by atoms with van der Waals surface area (Å²) in [6.45, 7) is 7.47. The molecule has 7 heteroatoms. The number of carbonyl (C=O) groups excluding carboxylic acids is 1. The molecule has 0 radical (unpaired) electrons. The summed E-state index contributed by atoms with van der Waals surface area (Å²) in [4.78, 5) is 30.5. The first kappa shape index (κ1) is 22.9. The topological polar surface area (TPSA) is 85.6 Å². The molecule has 0 amide bonds. The van der Waals surface area contributed by atoms with Crippen molar-refractivity contribution in [3.05, 3.63) is 29.7 Å². The maximum absolute atomic E-state index is 11.7. The van der Waals surface area contributed by atoms with Crippen LogP contribution in [0.3, 0.4) is 0 Å². The molecule has 1 atom stereocenters. The molecule has 2 fully saturated rings. The number of rotatable bonds is 8. The zero-order chi connectivity index (χ0) is 23.7. The molecule has 1 N–H and O–H groups in total. The third-order valence-corrected chi connectivity index (χ3v) is 7.79. The van der Waals surface area contributed by atoms with E-state index in [4.69, 9.17) is 9.97 Å². The highest BCUT2D eigenvalue weighted by Gasteiger charge is 2.28.